The highest BCUT2D eigenvalue weighted by Crippen LogP contribution is 2.22. The van der Waals surface area contributed by atoms with Crippen LogP contribution in [-0.4, -0.2) is 127 Å². The number of piperazine rings is 2. The van der Waals surface area contributed by atoms with E-state index in [1.807, 2.05) is 30.1 Å². The van der Waals surface area contributed by atoms with Gasteiger partial charge in [0.1, 0.15) is 12.0 Å². The molecule has 2 aromatic rings. The Morgan fingerprint density at radius 2 is 1.81 bits per heavy atom. The second-order valence-electron chi connectivity index (χ2n) is 10.4. The van der Waals surface area contributed by atoms with Crippen LogP contribution in [0.15, 0.2) is 34.9 Å². The summed E-state index contributed by atoms with van der Waals surface area (Å²) in [5, 5.41) is 10.4. The van der Waals surface area contributed by atoms with Gasteiger partial charge in [0.15, 0.2) is 5.69 Å². The molecule has 1 amide bonds. The van der Waals surface area contributed by atoms with Crippen molar-refractivity contribution in [2.75, 3.05) is 84.5 Å². The number of methoxy groups -OCH3 is 1. The number of nitrogens with zero attached hydrogens (tertiary/aromatic N) is 6. The number of hydrogen-bond donors (Lipinski definition) is 1. The summed E-state index contributed by atoms with van der Waals surface area (Å²) < 4.78 is 11.0. The highest BCUT2D eigenvalue weighted by molar-refractivity contribution is 5.92. The number of ether oxygens (including phenoxy) is 1. The van der Waals surface area contributed by atoms with E-state index in [1.54, 1.807) is 7.11 Å². The molecule has 0 spiro atoms. The fraction of sp³-hybridized carbons (Fsp3) is 0.630. The average molecular weight is 515 g/mol. The van der Waals surface area contributed by atoms with Crippen LogP contribution in [-0.2, 0) is 6.54 Å². The maximum atomic E-state index is 13.0. The number of rotatable bonds is 10. The van der Waals surface area contributed by atoms with Gasteiger partial charge in [0.05, 0.1) is 19.8 Å². The van der Waals surface area contributed by atoms with Crippen molar-refractivity contribution in [3.05, 3.63) is 42.1 Å². The molecule has 4 rings (SSSR count). The Kier molecular flexibility index (Phi) is 9.42. The van der Waals surface area contributed by atoms with Crippen LogP contribution in [0, 0.1) is 0 Å². The molecule has 37 heavy (non-hydrogen) atoms. The van der Waals surface area contributed by atoms with Gasteiger partial charge in [0.25, 0.3) is 5.91 Å². The Balaban J connectivity index is 1.20. The summed E-state index contributed by atoms with van der Waals surface area (Å²) in [6.07, 6.45) is 1.14. The molecule has 1 aromatic carbocycles. The Bertz CT molecular complexity index is 998. The number of oxazole rings is 1. The largest absolute Gasteiger partial charge is 0.497 e. The predicted molar refractivity (Wildman–Crippen MR) is 143 cm³/mol. The van der Waals surface area contributed by atoms with Crippen molar-refractivity contribution in [2.24, 2.45) is 0 Å². The zero-order chi connectivity index (χ0) is 26.4. The van der Waals surface area contributed by atoms with Crippen molar-refractivity contribution in [1.82, 2.24) is 24.6 Å². The SMILES string of the molecule is COc1cccc(N2CCN(C(=O)c3coc(CN4CCN(C[C@H](O)CN(C)C(C)C)CC4)n3)CC2)c1. The lowest BCUT2D eigenvalue weighted by molar-refractivity contribution is 0.0469. The first-order valence-electron chi connectivity index (χ1n) is 13.3. The maximum absolute atomic E-state index is 13.0. The van der Waals surface area contributed by atoms with Crippen LogP contribution in [0.1, 0.15) is 30.2 Å². The Hall–Kier alpha value is -2.66. The molecule has 1 aromatic heterocycles. The molecule has 2 saturated heterocycles. The van der Waals surface area contributed by atoms with Crippen molar-refractivity contribution in [3.8, 4) is 5.75 Å². The molecular weight excluding hydrogens is 472 g/mol. The molecule has 0 aliphatic carbocycles. The number of β-amino-alcohol motifs (C(OH)–C–C–N with tert-alkyl or cyclic N) is 1. The van der Waals surface area contributed by atoms with E-state index in [4.69, 9.17) is 9.15 Å². The number of carbonyl (C=O) groups is 1. The van der Waals surface area contributed by atoms with Crippen molar-refractivity contribution in [1.29, 1.82) is 0 Å². The molecule has 3 heterocycles. The average Bonchev–Trinajstić information content (AvgIpc) is 3.38. The van der Waals surface area contributed by atoms with Crippen LogP contribution in [0.2, 0.25) is 0 Å². The second-order valence-corrected chi connectivity index (χ2v) is 10.4. The highest BCUT2D eigenvalue weighted by Gasteiger charge is 2.26. The number of aromatic nitrogens is 1. The van der Waals surface area contributed by atoms with Gasteiger partial charge in [-0.3, -0.25) is 14.6 Å². The van der Waals surface area contributed by atoms with E-state index in [9.17, 15) is 9.90 Å². The Labute approximate surface area is 220 Å². The lowest BCUT2D eigenvalue weighted by atomic mass is 10.2. The van der Waals surface area contributed by atoms with Gasteiger partial charge in [-0.2, -0.15) is 0 Å². The lowest BCUT2D eigenvalue weighted by Crippen LogP contribution is -2.49. The molecule has 2 aliphatic heterocycles. The molecule has 2 fully saturated rings. The molecule has 2 aliphatic rings. The quantitative estimate of drug-likeness (QED) is 0.506. The molecule has 0 unspecified atom stereocenters. The van der Waals surface area contributed by atoms with Crippen LogP contribution in [0.25, 0.3) is 0 Å². The number of anilines is 1. The van der Waals surface area contributed by atoms with E-state index in [0.29, 0.717) is 50.4 Å². The Morgan fingerprint density at radius 1 is 1.11 bits per heavy atom. The summed E-state index contributed by atoms with van der Waals surface area (Å²) in [7, 11) is 3.71. The van der Waals surface area contributed by atoms with Crippen LogP contribution < -0.4 is 9.64 Å². The zero-order valence-electron chi connectivity index (χ0n) is 22.7. The summed E-state index contributed by atoms with van der Waals surface area (Å²) in [5.41, 5.74) is 1.48. The number of aliphatic hydroxyl groups excluding tert-OH is 1. The van der Waals surface area contributed by atoms with Crippen molar-refractivity contribution in [2.45, 2.75) is 32.5 Å². The van der Waals surface area contributed by atoms with Gasteiger partial charge in [-0.05, 0) is 33.0 Å². The number of likely N-dealkylation sites (N-methyl/N-ethyl adjacent to an activating group) is 1. The standard InChI is InChI=1S/C27H42N6O4/c1-21(2)29(3)17-23(34)18-30-8-10-31(11-9-30)19-26-28-25(20-37-26)27(35)33-14-12-32(13-15-33)22-6-5-7-24(16-22)36-4/h5-7,16,20-21,23,34H,8-15,17-19H2,1-4H3/t23-/m1/s1. The number of aliphatic hydroxyl groups is 1. The fourth-order valence-corrected chi connectivity index (χ4v) is 4.84. The van der Waals surface area contributed by atoms with Gasteiger partial charge >= 0.3 is 0 Å². The molecule has 10 heteroatoms. The third kappa shape index (κ3) is 7.44. The first-order valence-corrected chi connectivity index (χ1v) is 13.3. The number of amides is 1. The third-order valence-corrected chi connectivity index (χ3v) is 7.43. The van der Waals surface area contributed by atoms with Crippen LogP contribution in [0.5, 0.6) is 5.75 Å². The molecular formula is C27H42N6O4. The first-order chi connectivity index (χ1) is 17.8. The number of hydrogen-bond acceptors (Lipinski definition) is 9. The minimum Gasteiger partial charge on any atom is -0.497 e. The van der Waals surface area contributed by atoms with Gasteiger partial charge in [-0.25, -0.2) is 4.98 Å². The van der Waals surface area contributed by atoms with E-state index in [0.717, 1.165) is 50.7 Å². The Morgan fingerprint density at radius 3 is 2.49 bits per heavy atom. The van der Waals surface area contributed by atoms with E-state index < -0.39 is 0 Å². The van der Waals surface area contributed by atoms with Crippen LogP contribution in [0.3, 0.4) is 0 Å². The monoisotopic (exact) mass is 514 g/mol. The van der Waals surface area contributed by atoms with Crippen molar-refractivity contribution in [3.63, 3.8) is 0 Å². The van der Waals surface area contributed by atoms with E-state index in [1.165, 1.54) is 6.26 Å². The van der Waals surface area contributed by atoms with E-state index in [2.05, 4.69) is 44.5 Å². The van der Waals surface area contributed by atoms with Crippen molar-refractivity contribution >= 4 is 11.6 Å². The minimum absolute atomic E-state index is 0.0783. The summed E-state index contributed by atoms with van der Waals surface area (Å²) in [5.74, 6) is 1.33. The van der Waals surface area contributed by atoms with Gasteiger partial charge < -0.3 is 29.0 Å². The molecule has 0 bridgehead atoms. The normalized spacial score (nSPS) is 18.6. The van der Waals surface area contributed by atoms with Gasteiger partial charge in [0.2, 0.25) is 5.89 Å². The second kappa shape index (κ2) is 12.7. The molecule has 1 N–H and O–H groups in total. The molecule has 0 radical (unpaired) electrons. The zero-order valence-corrected chi connectivity index (χ0v) is 22.7. The summed E-state index contributed by atoms with van der Waals surface area (Å²) in [6, 6.07) is 8.43. The maximum Gasteiger partial charge on any atom is 0.275 e. The van der Waals surface area contributed by atoms with Gasteiger partial charge in [-0.1, -0.05) is 6.07 Å². The predicted octanol–water partition coefficient (Wildman–Crippen LogP) is 1.46. The molecule has 10 nitrogen and oxygen atoms in total. The van der Waals surface area contributed by atoms with E-state index >= 15 is 0 Å². The van der Waals surface area contributed by atoms with Gasteiger partial charge in [-0.15, -0.1) is 0 Å². The smallest absolute Gasteiger partial charge is 0.275 e. The highest BCUT2D eigenvalue weighted by atomic mass is 16.5. The topological polar surface area (TPSA) is 88.8 Å². The molecule has 1 atom stereocenters. The van der Waals surface area contributed by atoms with Crippen LogP contribution >= 0.6 is 0 Å². The van der Waals surface area contributed by atoms with Crippen molar-refractivity contribution < 1.29 is 19.1 Å². The summed E-state index contributed by atoms with van der Waals surface area (Å²) in [6.45, 7) is 12.6. The van der Waals surface area contributed by atoms with E-state index in [-0.39, 0.29) is 12.0 Å². The molecule has 0 saturated carbocycles. The van der Waals surface area contributed by atoms with Gasteiger partial charge in [0, 0.05) is 83.2 Å². The number of carbonyl (C=O) groups excluding carboxylic acids is 1. The summed E-state index contributed by atoms with van der Waals surface area (Å²) >= 11 is 0. The number of benzene rings is 1. The molecule has 204 valence electrons. The lowest BCUT2D eigenvalue weighted by Gasteiger charge is -2.36. The first kappa shape index (κ1) is 27.4. The third-order valence-electron chi connectivity index (χ3n) is 7.43. The fourth-order valence-electron chi connectivity index (χ4n) is 4.84. The van der Waals surface area contributed by atoms with Crippen LogP contribution in [0.4, 0.5) is 5.69 Å². The summed E-state index contributed by atoms with van der Waals surface area (Å²) in [4.78, 5) is 28.4. The minimum atomic E-state index is -0.350.